The smallest absolute Gasteiger partial charge is 0.303 e. The summed E-state index contributed by atoms with van der Waals surface area (Å²) in [4.78, 5) is 40.6. The first-order valence-electron chi connectivity index (χ1n) is 5.91. The molecule has 0 atom stereocenters. The molecule has 0 bridgehead atoms. The maximum atomic E-state index is 10.6. The second-order valence-electron chi connectivity index (χ2n) is 3.75. The van der Waals surface area contributed by atoms with E-state index in [0.717, 1.165) is 6.92 Å². The average molecular weight is 379 g/mol. The van der Waals surface area contributed by atoms with E-state index in [9.17, 15) is 14.4 Å². The van der Waals surface area contributed by atoms with Gasteiger partial charge in [-0.1, -0.05) is 0 Å². The maximum Gasteiger partial charge on any atom is 0.303 e. The lowest BCUT2D eigenvalue weighted by molar-refractivity contribution is -1.92. The Morgan fingerprint density at radius 3 is 1.29 bits per heavy atom. The highest BCUT2D eigenvalue weighted by Gasteiger charge is 2.15. The van der Waals surface area contributed by atoms with Crippen LogP contribution in [0.5, 0.6) is 0 Å². The molecule has 0 aliphatic rings. The molecule has 0 aromatic carbocycles. The van der Waals surface area contributed by atoms with Gasteiger partial charge in [0.15, 0.2) is 6.10 Å². The summed E-state index contributed by atoms with van der Waals surface area (Å²) in [6, 6.07) is 0. The van der Waals surface area contributed by atoms with Gasteiger partial charge in [-0.15, -0.1) is 0 Å². The minimum atomic E-state index is -4.69. The van der Waals surface area contributed by atoms with Crippen molar-refractivity contribution in [2.24, 2.45) is 0 Å². The Balaban J connectivity index is -0.000000402. The number of hydrogen-bond donors (Lipinski definition) is 2. The van der Waals surface area contributed by atoms with E-state index in [0.29, 0.717) is 0 Å². The Morgan fingerprint density at radius 1 is 0.875 bits per heavy atom. The van der Waals surface area contributed by atoms with E-state index >= 15 is 0 Å². The molecular weight excluding hydrogens is 360 g/mol. The average Bonchev–Trinajstić information content (AvgIpc) is 2.29. The third-order valence-electron chi connectivity index (χ3n) is 1.28. The fourth-order valence-electron chi connectivity index (χ4n) is 0.771. The van der Waals surface area contributed by atoms with Crippen LogP contribution in [-0.4, -0.2) is 53.0 Å². The number of carboxylic acids is 1. The van der Waals surface area contributed by atoms with Crippen molar-refractivity contribution in [1.29, 1.82) is 0 Å². The first-order chi connectivity index (χ1) is 10.6. The molecule has 0 spiro atoms. The van der Waals surface area contributed by atoms with Crippen LogP contribution in [0.15, 0.2) is 0 Å². The minimum absolute atomic E-state index is 0.123. The first kappa shape index (κ1) is 26.9. The van der Waals surface area contributed by atoms with Crippen molar-refractivity contribution in [3.05, 3.63) is 0 Å². The van der Waals surface area contributed by atoms with Gasteiger partial charge in [0.2, 0.25) is 0 Å². The monoisotopic (exact) mass is 378 g/mol. The van der Waals surface area contributed by atoms with Gasteiger partial charge in [0.1, 0.15) is 13.2 Å². The molecule has 0 aliphatic heterocycles. The molecule has 24 heavy (non-hydrogen) atoms. The van der Waals surface area contributed by atoms with Crippen molar-refractivity contribution < 1.29 is 67.4 Å². The molecule has 0 rings (SSSR count). The van der Waals surface area contributed by atoms with Crippen molar-refractivity contribution in [3.8, 4) is 0 Å². The normalized spacial score (nSPS) is 9.54. The van der Waals surface area contributed by atoms with Crippen molar-refractivity contribution in [2.75, 3.05) is 13.2 Å². The van der Waals surface area contributed by atoms with E-state index in [4.69, 9.17) is 33.3 Å². The van der Waals surface area contributed by atoms with Gasteiger partial charge in [0, 0.05) is 27.7 Å². The highest BCUT2D eigenvalue weighted by Crippen LogP contribution is 1.97. The van der Waals surface area contributed by atoms with Gasteiger partial charge in [-0.3, -0.25) is 19.2 Å². The van der Waals surface area contributed by atoms with E-state index < -0.39 is 40.2 Å². The number of carboxylic acid groups (broad SMARTS) is 1. The van der Waals surface area contributed by atoms with Gasteiger partial charge < -0.3 is 19.3 Å². The largest absolute Gasteiger partial charge is 0.481 e. The topological polar surface area (TPSA) is 206 Å². The zero-order valence-electron chi connectivity index (χ0n) is 13.3. The molecule has 0 amide bonds. The lowest BCUT2D eigenvalue weighted by Crippen LogP contribution is -2.58. The predicted octanol–water partition coefficient (Wildman–Crippen LogP) is -3.99. The van der Waals surface area contributed by atoms with Gasteiger partial charge in [-0.2, -0.15) is 14.0 Å². The third-order valence-corrected chi connectivity index (χ3v) is 1.28. The highest BCUT2D eigenvalue weighted by molar-refractivity contribution is 5.67. The Bertz CT molecular complexity index is 374. The summed E-state index contributed by atoms with van der Waals surface area (Å²) in [6.07, 6.45) is -0.754. The van der Waals surface area contributed by atoms with Crippen LogP contribution >= 0.6 is 0 Å². The Hall–Kier alpha value is -1.99. The van der Waals surface area contributed by atoms with Crippen LogP contribution in [0, 0.1) is 10.2 Å². The SMILES string of the molecule is CC(=O)O.CC(=O)OCC(COC(C)=O)OC(C)=O.[O-][Cl+3]([O-])([O-])O. The first-order valence-corrected chi connectivity index (χ1v) is 7.18. The summed E-state index contributed by atoms with van der Waals surface area (Å²) < 4.78 is 46.7. The van der Waals surface area contributed by atoms with Crippen LogP contribution in [0.3, 0.4) is 0 Å². The van der Waals surface area contributed by atoms with Gasteiger partial charge in [0.05, 0.1) is 14.9 Å². The Morgan fingerprint density at radius 2 is 1.12 bits per heavy atom. The highest BCUT2D eigenvalue weighted by atomic mass is 35.7. The van der Waals surface area contributed by atoms with Crippen LogP contribution in [0.2, 0.25) is 0 Å². The standard InChI is InChI=1S/C9H14O6.C2H4O2.ClHO4/c1-6(10)13-4-9(15-8(3)12)5-14-7(2)11;1-2(3)4;2-1(3,4)5/h9H,4-5H2,1-3H3;1H3,(H,3,4);(H,2,3,4,5). The van der Waals surface area contributed by atoms with E-state index in [2.05, 4.69) is 9.47 Å². The van der Waals surface area contributed by atoms with E-state index in [1.54, 1.807) is 0 Å². The van der Waals surface area contributed by atoms with Gasteiger partial charge in [-0.25, -0.2) is 0 Å². The Labute approximate surface area is 139 Å². The molecule has 0 saturated carbocycles. The van der Waals surface area contributed by atoms with Crippen LogP contribution in [0.1, 0.15) is 27.7 Å². The molecule has 0 aliphatic carbocycles. The molecule has 0 radical (unpaired) electrons. The molecule has 0 heterocycles. The fraction of sp³-hybridized carbons (Fsp3) is 0.636. The van der Waals surface area contributed by atoms with Crippen molar-refractivity contribution in [1.82, 2.24) is 0 Å². The minimum Gasteiger partial charge on any atom is -0.481 e. The lowest BCUT2D eigenvalue weighted by atomic mass is 10.4. The molecule has 142 valence electrons. The lowest BCUT2D eigenvalue weighted by Gasteiger charge is -2.15. The number of aliphatic carboxylic acids is 1. The van der Waals surface area contributed by atoms with Crippen LogP contribution in [0.25, 0.3) is 0 Å². The predicted molar refractivity (Wildman–Crippen MR) is 64.3 cm³/mol. The molecule has 13 heteroatoms. The van der Waals surface area contributed by atoms with Crippen molar-refractivity contribution >= 4 is 23.9 Å². The number of hydrogen-bond acceptors (Lipinski definition) is 11. The summed E-state index contributed by atoms with van der Waals surface area (Å²) in [5.41, 5.74) is 0. The second-order valence-corrected chi connectivity index (χ2v) is 4.54. The van der Waals surface area contributed by atoms with Gasteiger partial charge in [-0.05, 0) is 0 Å². The summed E-state index contributed by atoms with van der Waals surface area (Å²) in [6.45, 7) is 4.52. The number of halogens is 1. The summed E-state index contributed by atoms with van der Waals surface area (Å²) in [7, 11) is -4.69. The molecule has 0 fully saturated rings. The van der Waals surface area contributed by atoms with Gasteiger partial charge >= 0.3 is 17.9 Å². The molecule has 12 nitrogen and oxygen atoms in total. The van der Waals surface area contributed by atoms with Crippen LogP contribution in [0.4, 0.5) is 0 Å². The second kappa shape index (κ2) is 14.6. The fourth-order valence-corrected chi connectivity index (χ4v) is 0.771. The van der Waals surface area contributed by atoms with Gasteiger partial charge in [0.25, 0.3) is 5.97 Å². The number of esters is 3. The number of ether oxygens (including phenoxy) is 3. The molecule has 0 unspecified atom stereocenters. The summed E-state index contributed by atoms with van der Waals surface area (Å²) in [5.74, 6) is -2.34. The number of rotatable bonds is 5. The van der Waals surface area contributed by atoms with Crippen molar-refractivity contribution in [2.45, 2.75) is 33.8 Å². The molecule has 0 aromatic heterocycles. The van der Waals surface area contributed by atoms with Crippen LogP contribution < -0.4 is 14.0 Å². The van der Waals surface area contributed by atoms with E-state index in [1.165, 1.54) is 20.8 Å². The summed E-state index contributed by atoms with van der Waals surface area (Å²) >= 11 is 0. The molecular formula is C11H19ClO12. The van der Waals surface area contributed by atoms with Crippen LogP contribution in [-0.2, 0) is 33.4 Å². The zero-order valence-corrected chi connectivity index (χ0v) is 14.1. The molecule has 2 N–H and O–H groups in total. The quantitative estimate of drug-likeness (QED) is 0.346. The Kier molecular flexibility index (Phi) is 16.3. The summed E-state index contributed by atoms with van der Waals surface area (Å²) in [5, 5.41) is 7.42. The van der Waals surface area contributed by atoms with Crippen molar-refractivity contribution in [3.63, 3.8) is 0 Å². The number of carbonyl (C=O) groups is 4. The van der Waals surface area contributed by atoms with E-state index in [-0.39, 0.29) is 13.2 Å². The third kappa shape index (κ3) is 50.1. The number of carbonyl (C=O) groups excluding carboxylic acids is 3. The molecule has 0 saturated heterocycles. The maximum absolute atomic E-state index is 10.6. The van der Waals surface area contributed by atoms with E-state index in [1.807, 2.05) is 0 Å². The molecule has 0 aromatic rings. The zero-order chi connectivity index (χ0) is 19.9.